The summed E-state index contributed by atoms with van der Waals surface area (Å²) < 4.78 is 11.0. The van der Waals surface area contributed by atoms with Crippen LogP contribution in [-0.4, -0.2) is 33.6 Å². The molecular weight excluding hydrogens is 380 g/mol. The summed E-state index contributed by atoms with van der Waals surface area (Å²) in [5.41, 5.74) is 0.0474. The number of nitro groups is 1. The fraction of sp³-hybridized carbons (Fsp3) is 0.133. The molecule has 0 bridgehead atoms. The van der Waals surface area contributed by atoms with Crippen molar-refractivity contribution in [2.24, 2.45) is 0 Å². The Balaban J connectivity index is 1.71. The van der Waals surface area contributed by atoms with Crippen molar-refractivity contribution in [1.82, 2.24) is 10.2 Å². The number of carbonyl (C=O) groups is 1. The first-order valence-electron chi connectivity index (χ1n) is 7.21. The van der Waals surface area contributed by atoms with Gasteiger partial charge in [-0.2, -0.15) is 0 Å². The molecule has 0 saturated heterocycles. The molecule has 9 nitrogen and oxygen atoms in total. The number of nitro benzene ring substituents is 1. The summed E-state index contributed by atoms with van der Waals surface area (Å²) >= 11 is 2.68. The third-order valence-electron chi connectivity index (χ3n) is 3.09. The molecule has 0 aliphatic carbocycles. The summed E-state index contributed by atoms with van der Waals surface area (Å²) in [6.45, 7) is 3.62. The van der Waals surface area contributed by atoms with E-state index in [1.54, 1.807) is 6.08 Å². The van der Waals surface area contributed by atoms with Gasteiger partial charge in [-0.05, 0) is 12.1 Å². The van der Waals surface area contributed by atoms with Crippen LogP contribution in [-0.2, 0) is 4.79 Å². The number of benzene rings is 1. The second kappa shape index (κ2) is 7.97. The van der Waals surface area contributed by atoms with Crippen molar-refractivity contribution >= 4 is 45.9 Å². The number of amides is 1. The molecule has 0 spiro atoms. The minimum atomic E-state index is -0.548. The molecule has 1 aliphatic rings. The van der Waals surface area contributed by atoms with Crippen LogP contribution in [0.2, 0.25) is 0 Å². The van der Waals surface area contributed by atoms with E-state index in [9.17, 15) is 14.9 Å². The van der Waals surface area contributed by atoms with Crippen LogP contribution in [0.5, 0.6) is 11.5 Å². The zero-order chi connectivity index (χ0) is 18.5. The predicted octanol–water partition coefficient (Wildman–Crippen LogP) is 3.11. The van der Waals surface area contributed by atoms with Gasteiger partial charge in [-0.3, -0.25) is 20.2 Å². The highest BCUT2D eigenvalue weighted by Gasteiger charge is 2.22. The Morgan fingerprint density at radius 1 is 1.42 bits per heavy atom. The molecule has 0 atom stereocenters. The van der Waals surface area contributed by atoms with Crippen LogP contribution >= 0.6 is 23.1 Å². The second-order valence-corrected chi connectivity index (χ2v) is 7.06. The van der Waals surface area contributed by atoms with Gasteiger partial charge in [-0.15, -0.1) is 16.8 Å². The number of hydrogen-bond donors (Lipinski definition) is 1. The lowest BCUT2D eigenvalue weighted by Gasteiger charge is -2.01. The lowest BCUT2D eigenvalue weighted by molar-refractivity contribution is -0.385. The van der Waals surface area contributed by atoms with E-state index in [0.717, 1.165) is 0 Å². The lowest BCUT2D eigenvalue weighted by atomic mass is 10.1. The van der Waals surface area contributed by atoms with E-state index in [1.807, 2.05) is 0 Å². The summed E-state index contributed by atoms with van der Waals surface area (Å²) in [6.07, 6.45) is 4.26. The molecule has 2 aromatic rings. The van der Waals surface area contributed by atoms with Gasteiger partial charge in [0, 0.05) is 11.8 Å². The van der Waals surface area contributed by atoms with Gasteiger partial charge in [0.1, 0.15) is 0 Å². The predicted molar refractivity (Wildman–Crippen MR) is 97.7 cm³/mol. The summed E-state index contributed by atoms with van der Waals surface area (Å²) in [6, 6.07) is 2.73. The van der Waals surface area contributed by atoms with Gasteiger partial charge < -0.3 is 9.47 Å². The van der Waals surface area contributed by atoms with Crippen LogP contribution in [0.4, 0.5) is 10.8 Å². The van der Waals surface area contributed by atoms with Gasteiger partial charge in [-0.1, -0.05) is 29.2 Å². The van der Waals surface area contributed by atoms with Crippen molar-refractivity contribution in [3.63, 3.8) is 0 Å². The van der Waals surface area contributed by atoms with Crippen LogP contribution in [0, 0.1) is 10.1 Å². The maximum atomic E-state index is 12.0. The van der Waals surface area contributed by atoms with Crippen LogP contribution < -0.4 is 14.8 Å². The number of hydrogen-bond acceptors (Lipinski definition) is 9. The molecule has 1 aromatic heterocycles. The van der Waals surface area contributed by atoms with E-state index in [-0.39, 0.29) is 18.0 Å². The first-order valence-corrected chi connectivity index (χ1v) is 9.01. The van der Waals surface area contributed by atoms with E-state index >= 15 is 0 Å². The van der Waals surface area contributed by atoms with E-state index in [2.05, 4.69) is 22.1 Å². The Morgan fingerprint density at radius 3 is 2.92 bits per heavy atom. The quantitative estimate of drug-likeness (QED) is 0.191. The Labute approximate surface area is 155 Å². The van der Waals surface area contributed by atoms with Gasteiger partial charge in [0.2, 0.25) is 17.8 Å². The van der Waals surface area contributed by atoms with Crippen molar-refractivity contribution in [2.75, 3.05) is 17.9 Å². The van der Waals surface area contributed by atoms with E-state index in [4.69, 9.17) is 9.47 Å². The van der Waals surface area contributed by atoms with Gasteiger partial charge in [0.25, 0.3) is 5.69 Å². The van der Waals surface area contributed by atoms with Crippen molar-refractivity contribution in [3.8, 4) is 11.5 Å². The van der Waals surface area contributed by atoms with Crippen molar-refractivity contribution in [1.29, 1.82) is 0 Å². The SMILES string of the molecule is C=CCSc1nnc(NC(=O)/C=C/c2cc3c(cc2[N+](=O)[O-])OCO3)s1. The van der Waals surface area contributed by atoms with Crippen LogP contribution in [0.25, 0.3) is 6.08 Å². The summed E-state index contributed by atoms with van der Waals surface area (Å²) in [4.78, 5) is 22.7. The largest absolute Gasteiger partial charge is 0.454 e. The molecule has 1 aliphatic heterocycles. The second-order valence-electron chi connectivity index (χ2n) is 4.82. The Morgan fingerprint density at radius 2 is 2.19 bits per heavy atom. The molecular formula is C15H12N4O5S2. The average Bonchev–Trinajstić information content (AvgIpc) is 3.25. The number of fused-ring (bicyclic) bond motifs is 1. The minimum absolute atomic E-state index is 0.00336. The van der Waals surface area contributed by atoms with Crippen molar-refractivity contribution in [3.05, 3.63) is 46.5 Å². The van der Waals surface area contributed by atoms with Crippen molar-refractivity contribution < 1.29 is 19.2 Å². The van der Waals surface area contributed by atoms with E-state index in [1.165, 1.54) is 47.4 Å². The van der Waals surface area contributed by atoms with E-state index in [0.29, 0.717) is 26.7 Å². The first kappa shape index (κ1) is 17.9. The van der Waals surface area contributed by atoms with Crippen LogP contribution in [0.15, 0.2) is 35.2 Å². The standard InChI is InChI=1S/C15H12N4O5S2/c1-2-5-25-15-18-17-14(26-15)16-13(20)4-3-9-6-11-12(24-8-23-11)7-10(9)19(21)22/h2-4,6-7H,1,5,8H2,(H,16,17,20)/b4-3+. The summed E-state index contributed by atoms with van der Waals surface area (Å²) in [5.74, 6) is 0.907. The maximum absolute atomic E-state index is 12.0. The van der Waals surface area contributed by atoms with Crippen molar-refractivity contribution in [2.45, 2.75) is 4.34 Å². The molecule has 11 heteroatoms. The summed E-state index contributed by atoms with van der Waals surface area (Å²) in [7, 11) is 0. The highest BCUT2D eigenvalue weighted by Crippen LogP contribution is 2.38. The maximum Gasteiger partial charge on any atom is 0.280 e. The average molecular weight is 392 g/mol. The molecule has 2 heterocycles. The number of ether oxygens (including phenoxy) is 2. The number of nitrogens with zero attached hydrogens (tertiary/aromatic N) is 3. The topological polar surface area (TPSA) is 116 Å². The normalized spacial score (nSPS) is 12.3. The molecule has 26 heavy (non-hydrogen) atoms. The monoisotopic (exact) mass is 392 g/mol. The van der Waals surface area contributed by atoms with Gasteiger partial charge in [-0.25, -0.2) is 0 Å². The third kappa shape index (κ3) is 4.18. The molecule has 1 N–H and O–H groups in total. The minimum Gasteiger partial charge on any atom is -0.454 e. The molecule has 0 unspecified atom stereocenters. The third-order valence-corrected chi connectivity index (χ3v) is 5.06. The molecule has 1 aromatic carbocycles. The number of anilines is 1. The fourth-order valence-corrected chi connectivity index (χ4v) is 3.52. The zero-order valence-electron chi connectivity index (χ0n) is 13.2. The fourth-order valence-electron chi connectivity index (χ4n) is 2.00. The highest BCUT2D eigenvalue weighted by molar-refractivity contribution is 8.01. The Kier molecular flexibility index (Phi) is 5.49. The van der Waals surface area contributed by atoms with Gasteiger partial charge in [0.05, 0.1) is 16.6 Å². The highest BCUT2D eigenvalue weighted by atomic mass is 32.2. The number of rotatable bonds is 7. The van der Waals surface area contributed by atoms with Gasteiger partial charge >= 0.3 is 0 Å². The lowest BCUT2D eigenvalue weighted by Crippen LogP contribution is -2.07. The van der Waals surface area contributed by atoms with Crippen LogP contribution in [0.3, 0.4) is 0 Å². The molecule has 3 rings (SSSR count). The first-order chi connectivity index (χ1) is 12.6. The molecule has 0 radical (unpaired) electrons. The number of thioether (sulfide) groups is 1. The molecule has 0 fully saturated rings. The Hall–Kier alpha value is -2.92. The molecule has 1 amide bonds. The van der Waals surface area contributed by atoms with Gasteiger partial charge in [0.15, 0.2) is 15.8 Å². The zero-order valence-corrected chi connectivity index (χ0v) is 14.8. The van der Waals surface area contributed by atoms with Crippen LogP contribution in [0.1, 0.15) is 5.56 Å². The van der Waals surface area contributed by atoms with E-state index < -0.39 is 10.8 Å². The summed E-state index contributed by atoms with van der Waals surface area (Å²) in [5, 5.41) is 21.9. The smallest absolute Gasteiger partial charge is 0.280 e. The molecule has 134 valence electrons. The molecule has 0 saturated carbocycles. The number of aromatic nitrogens is 2. The Bertz CT molecular complexity index is 896. The number of nitrogens with one attached hydrogen (secondary N) is 1. The number of carbonyl (C=O) groups excluding carboxylic acids is 1.